The Balaban J connectivity index is 2.40. The van der Waals surface area contributed by atoms with Gasteiger partial charge in [0.25, 0.3) is 0 Å². The minimum atomic E-state index is -1.16. The quantitative estimate of drug-likeness (QED) is 0.881. The Hall–Kier alpha value is -2.70. The van der Waals surface area contributed by atoms with E-state index in [9.17, 15) is 9.59 Å². The number of carbonyl (C=O) groups excluding carboxylic acids is 1. The van der Waals surface area contributed by atoms with Crippen LogP contribution in [0.2, 0.25) is 0 Å². The van der Waals surface area contributed by atoms with Crippen molar-refractivity contribution in [2.45, 2.75) is 26.4 Å². The predicted octanol–water partition coefficient (Wildman–Crippen LogP) is 2.68. The van der Waals surface area contributed by atoms with Crippen LogP contribution in [0.4, 0.5) is 10.5 Å². The first-order valence-corrected chi connectivity index (χ1v) is 6.25. The maximum absolute atomic E-state index is 11.8. The second-order valence-electron chi connectivity index (χ2n) is 5.36. The summed E-state index contributed by atoms with van der Waals surface area (Å²) in [4.78, 5) is 30.7. The van der Waals surface area contributed by atoms with E-state index in [1.54, 1.807) is 39.0 Å². The highest BCUT2D eigenvalue weighted by atomic mass is 16.6. The fraction of sp³-hybridized carbons (Fsp3) is 0.286. The van der Waals surface area contributed by atoms with Gasteiger partial charge in [0.05, 0.1) is 11.2 Å². The van der Waals surface area contributed by atoms with Crippen molar-refractivity contribution >= 4 is 28.7 Å². The van der Waals surface area contributed by atoms with Gasteiger partial charge in [-0.15, -0.1) is 0 Å². The van der Waals surface area contributed by atoms with E-state index in [-0.39, 0.29) is 5.69 Å². The highest BCUT2D eigenvalue weighted by molar-refractivity contribution is 6.06. The zero-order valence-electron chi connectivity index (χ0n) is 11.9. The lowest BCUT2D eigenvalue weighted by atomic mass is 10.1. The summed E-state index contributed by atoms with van der Waals surface area (Å²) >= 11 is 0. The molecule has 2 rings (SSSR count). The lowest BCUT2D eigenvalue weighted by Gasteiger charge is -2.20. The molecule has 7 nitrogen and oxygen atoms in total. The van der Waals surface area contributed by atoms with Crippen LogP contribution in [0.3, 0.4) is 0 Å². The summed E-state index contributed by atoms with van der Waals surface area (Å²) in [5.74, 6) is -1.16. The number of amides is 1. The zero-order valence-corrected chi connectivity index (χ0v) is 11.9. The molecule has 0 aliphatic rings. The predicted molar refractivity (Wildman–Crippen MR) is 76.4 cm³/mol. The molecular weight excluding hydrogens is 274 g/mol. The average molecular weight is 289 g/mol. The largest absolute Gasteiger partial charge is 0.476 e. The summed E-state index contributed by atoms with van der Waals surface area (Å²) in [6.45, 7) is 5.25. The van der Waals surface area contributed by atoms with Crippen molar-refractivity contribution in [2.75, 3.05) is 5.32 Å². The summed E-state index contributed by atoms with van der Waals surface area (Å²) in [6.07, 6.45) is 0.511. The minimum Gasteiger partial charge on any atom is -0.476 e. The fourth-order valence-corrected chi connectivity index (χ4v) is 1.77. The summed E-state index contributed by atoms with van der Waals surface area (Å²) in [5.41, 5.74) is -0.0363. The third-order valence-electron chi connectivity index (χ3n) is 2.50. The first kappa shape index (κ1) is 14.7. The zero-order chi connectivity index (χ0) is 15.6. The van der Waals surface area contributed by atoms with Gasteiger partial charge in [-0.25, -0.2) is 19.6 Å². The molecule has 0 aliphatic carbocycles. The number of aromatic carboxylic acids is 1. The number of para-hydroxylation sites is 1. The molecule has 1 amide bonds. The number of nitrogens with zero attached hydrogens (tertiary/aromatic N) is 2. The van der Waals surface area contributed by atoms with Gasteiger partial charge in [0.2, 0.25) is 0 Å². The molecule has 0 atom stereocenters. The van der Waals surface area contributed by atoms with E-state index in [1.165, 1.54) is 0 Å². The van der Waals surface area contributed by atoms with Crippen molar-refractivity contribution in [1.29, 1.82) is 0 Å². The summed E-state index contributed by atoms with van der Waals surface area (Å²) in [6, 6.07) is 4.81. The number of carboxylic acid groups (broad SMARTS) is 1. The number of anilines is 1. The first-order chi connectivity index (χ1) is 9.78. The third kappa shape index (κ3) is 3.44. The number of fused-ring (bicyclic) bond motifs is 1. The van der Waals surface area contributed by atoms with Crippen LogP contribution in [0.1, 0.15) is 31.3 Å². The van der Waals surface area contributed by atoms with Gasteiger partial charge in [-0.2, -0.15) is 0 Å². The molecule has 1 aromatic heterocycles. The van der Waals surface area contributed by atoms with Gasteiger partial charge < -0.3 is 9.84 Å². The molecule has 0 saturated carbocycles. The highest BCUT2D eigenvalue weighted by Gasteiger charge is 2.18. The van der Waals surface area contributed by atoms with E-state index in [1.807, 2.05) is 0 Å². The molecule has 1 heterocycles. The van der Waals surface area contributed by atoms with E-state index in [2.05, 4.69) is 15.3 Å². The Labute approximate surface area is 121 Å². The number of carbonyl (C=O) groups is 2. The number of rotatable bonds is 2. The van der Waals surface area contributed by atoms with Crippen LogP contribution in [0.25, 0.3) is 10.9 Å². The number of carboxylic acids is 1. The molecule has 0 saturated heterocycles. The maximum atomic E-state index is 11.8. The number of aromatic nitrogens is 2. The summed E-state index contributed by atoms with van der Waals surface area (Å²) < 4.78 is 5.16. The molecule has 0 spiro atoms. The molecule has 21 heavy (non-hydrogen) atoms. The van der Waals surface area contributed by atoms with E-state index in [0.29, 0.717) is 16.6 Å². The average Bonchev–Trinajstić information content (AvgIpc) is 2.36. The Morgan fingerprint density at radius 2 is 1.95 bits per heavy atom. The first-order valence-electron chi connectivity index (χ1n) is 6.25. The van der Waals surface area contributed by atoms with Crippen LogP contribution >= 0.6 is 0 Å². The highest BCUT2D eigenvalue weighted by Crippen LogP contribution is 2.23. The third-order valence-corrected chi connectivity index (χ3v) is 2.50. The number of ether oxygens (including phenoxy) is 1. The molecule has 0 bridgehead atoms. The Kier molecular flexibility index (Phi) is 3.75. The fourth-order valence-electron chi connectivity index (χ4n) is 1.77. The summed E-state index contributed by atoms with van der Waals surface area (Å²) in [5, 5.41) is 12.0. The number of nitrogens with one attached hydrogen (secondary N) is 1. The molecule has 7 heteroatoms. The van der Waals surface area contributed by atoms with E-state index in [0.717, 1.165) is 6.33 Å². The Morgan fingerprint density at radius 1 is 1.24 bits per heavy atom. The van der Waals surface area contributed by atoms with Crippen molar-refractivity contribution in [1.82, 2.24) is 9.97 Å². The normalized spacial score (nSPS) is 11.2. The van der Waals surface area contributed by atoms with Crippen molar-refractivity contribution in [3.05, 3.63) is 30.2 Å². The molecular formula is C14H15N3O4. The second kappa shape index (κ2) is 5.35. The second-order valence-corrected chi connectivity index (χ2v) is 5.36. The molecule has 0 aliphatic heterocycles. The van der Waals surface area contributed by atoms with E-state index < -0.39 is 17.7 Å². The van der Waals surface area contributed by atoms with Crippen molar-refractivity contribution < 1.29 is 19.4 Å². The minimum absolute atomic E-state index is 0.118. The van der Waals surface area contributed by atoms with Gasteiger partial charge in [-0.05, 0) is 26.8 Å². The topological polar surface area (TPSA) is 101 Å². The van der Waals surface area contributed by atoms with Gasteiger partial charge in [0.1, 0.15) is 11.9 Å². The van der Waals surface area contributed by atoms with Crippen LogP contribution < -0.4 is 5.32 Å². The van der Waals surface area contributed by atoms with E-state index >= 15 is 0 Å². The van der Waals surface area contributed by atoms with Crippen molar-refractivity contribution in [3.63, 3.8) is 0 Å². The molecule has 0 unspecified atom stereocenters. The van der Waals surface area contributed by atoms with Crippen LogP contribution in [0.15, 0.2) is 24.5 Å². The monoisotopic (exact) mass is 289 g/mol. The van der Waals surface area contributed by atoms with Crippen LogP contribution in [0, 0.1) is 0 Å². The lowest BCUT2D eigenvalue weighted by Crippen LogP contribution is -2.27. The molecule has 1 aromatic carbocycles. The molecule has 110 valence electrons. The van der Waals surface area contributed by atoms with Crippen LogP contribution in [-0.2, 0) is 4.74 Å². The molecule has 0 fully saturated rings. The van der Waals surface area contributed by atoms with Gasteiger partial charge in [0.15, 0.2) is 5.69 Å². The number of hydrogen-bond acceptors (Lipinski definition) is 5. The maximum Gasteiger partial charge on any atom is 0.412 e. The SMILES string of the molecule is CC(C)(C)OC(=O)Nc1cccc2c(C(=O)O)ncnc12. The van der Waals surface area contributed by atoms with Gasteiger partial charge >= 0.3 is 12.1 Å². The Morgan fingerprint density at radius 3 is 2.57 bits per heavy atom. The van der Waals surface area contributed by atoms with Crippen molar-refractivity contribution in [3.8, 4) is 0 Å². The summed E-state index contributed by atoms with van der Waals surface area (Å²) in [7, 11) is 0. The van der Waals surface area contributed by atoms with Crippen LogP contribution in [-0.4, -0.2) is 32.7 Å². The molecule has 2 N–H and O–H groups in total. The molecule has 0 radical (unpaired) electrons. The van der Waals surface area contributed by atoms with Crippen molar-refractivity contribution in [2.24, 2.45) is 0 Å². The van der Waals surface area contributed by atoms with E-state index in [4.69, 9.17) is 9.84 Å². The molecule has 2 aromatic rings. The van der Waals surface area contributed by atoms with Gasteiger partial charge in [-0.3, -0.25) is 5.32 Å². The van der Waals surface area contributed by atoms with Gasteiger partial charge in [-0.1, -0.05) is 12.1 Å². The Bertz CT molecular complexity index is 707. The number of hydrogen-bond donors (Lipinski definition) is 2. The smallest absolute Gasteiger partial charge is 0.412 e. The van der Waals surface area contributed by atoms with Crippen LogP contribution in [0.5, 0.6) is 0 Å². The van der Waals surface area contributed by atoms with Gasteiger partial charge in [0, 0.05) is 5.39 Å². The standard InChI is InChI=1S/C14H15N3O4/c1-14(2,3)21-13(20)17-9-6-4-5-8-10(9)15-7-16-11(8)12(18)19/h4-7H,1-3H3,(H,17,20)(H,18,19). The number of benzene rings is 1. The lowest BCUT2D eigenvalue weighted by molar-refractivity contribution is 0.0634.